The van der Waals surface area contributed by atoms with Gasteiger partial charge in [-0.25, -0.2) is 9.78 Å². The molecule has 168 valence electrons. The van der Waals surface area contributed by atoms with Crippen LogP contribution in [0.1, 0.15) is 10.7 Å². The number of carboxylic acids is 1. The first kappa shape index (κ1) is 22.5. The van der Waals surface area contributed by atoms with Gasteiger partial charge in [0.15, 0.2) is 15.2 Å². The molecule has 0 spiro atoms. The third-order valence-corrected chi connectivity index (χ3v) is 8.57. The summed E-state index contributed by atoms with van der Waals surface area (Å²) < 4.78 is 0.713. The largest absolute Gasteiger partial charge is 0.477 e. The van der Waals surface area contributed by atoms with Gasteiger partial charge in [0.1, 0.15) is 27.8 Å². The maximum absolute atomic E-state index is 12.8. The van der Waals surface area contributed by atoms with Gasteiger partial charge < -0.3 is 21.4 Å². The summed E-state index contributed by atoms with van der Waals surface area (Å²) >= 11 is 5.17. The Bertz CT molecular complexity index is 1160. The number of rotatable bonds is 7. The molecule has 2 aliphatic heterocycles. The number of oxime groups is 1. The van der Waals surface area contributed by atoms with Gasteiger partial charge in [0.05, 0.1) is 0 Å². The fourth-order valence-electron chi connectivity index (χ4n) is 3.10. The smallest absolute Gasteiger partial charge is 0.352 e. The molecule has 0 aromatic carbocycles. The lowest BCUT2D eigenvalue weighted by molar-refractivity contribution is -0.150. The van der Waals surface area contributed by atoms with Crippen LogP contribution >= 0.6 is 46.2 Å². The highest BCUT2D eigenvalue weighted by Gasteiger charge is 2.54. The second-order valence-corrected chi connectivity index (χ2v) is 10.9. The van der Waals surface area contributed by atoms with Crippen LogP contribution in [-0.4, -0.2) is 76.8 Å². The fraction of sp³-hybridized carbons (Fsp3) is 0.312. The van der Waals surface area contributed by atoms with E-state index in [-0.39, 0.29) is 22.2 Å². The number of fused-ring (bicyclic) bond motifs is 1. The van der Waals surface area contributed by atoms with Crippen LogP contribution in [0, 0.1) is 6.92 Å². The number of nitrogen functional groups attached to an aromatic ring is 1. The van der Waals surface area contributed by atoms with Gasteiger partial charge in [-0.15, -0.1) is 33.3 Å². The van der Waals surface area contributed by atoms with E-state index in [9.17, 15) is 24.7 Å². The normalized spacial score (nSPS) is 20.7. The molecule has 4 heterocycles. The molecule has 16 heteroatoms. The van der Waals surface area contributed by atoms with Gasteiger partial charge >= 0.3 is 5.97 Å². The number of β-lactam (4-membered cyclic amide) rings is 1. The molecule has 2 aliphatic rings. The van der Waals surface area contributed by atoms with Crippen molar-refractivity contribution in [2.45, 2.75) is 22.7 Å². The highest BCUT2D eigenvalue weighted by molar-refractivity contribution is 8.01. The van der Waals surface area contributed by atoms with Crippen molar-refractivity contribution in [2.75, 3.05) is 17.2 Å². The molecule has 2 amide bonds. The van der Waals surface area contributed by atoms with Crippen molar-refractivity contribution in [2.24, 2.45) is 5.16 Å². The molecule has 0 radical (unpaired) electrons. The Morgan fingerprint density at radius 3 is 2.81 bits per heavy atom. The minimum absolute atomic E-state index is 0.0739. The average molecular weight is 514 g/mol. The summed E-state index contributed by atoms with van der Waals surface area (Å²) in [6, 6.07) is -0.963. The second kappa shape index (κ2) is 9.05. The summed E-state index contributed by atoms with van der Waals surface area (Å²) in [5.41, 5.74) is 5.74. The Morgan fingerprint density at radius 2 is 2.22 bits per heavy atom. The van der Waals surface area contributed by atoms with E-state index < -0.39 is 29.2 Å². The van der Waals surface area contributed by atoms with E-state index in [0.29, 0.717) is 21.4 Å². The first-order chi connectivity index (χ1) is 15.3. The first-order valence-corrected chi connectivity index (χ1v) is 12.6. The van der Waals surface area contributed by atoms with Crippen LogP contribution in [0.25, 0.3) is 0 Å². The zero-order chi connectivity index (χ0) is 23.0. The minimum atomic E-state index is -1.21. The number of aromatic nitrogens is 3. The minimum Gasteiger partial charge on any atom is -0.477 e. The number of aliphatic carboxylic acids is 1. The standard InChI is InChI=1S/C16H15N7O5S4/c1-5-20-21-16(32-5)31-3-6-2-29-13-9(12(25)23(13)10(6)14(26)27)19-11(24)8(22-28)7-4-30-15(17)18-7/h4,9,13,28H,2-3H2,1H3,(H2,17,18)(H,19,24)(H,26,27)/t9?,13-/m1/s1. The summed E-state index contributed by atoms with van der Waals surface area (Å²) in [4.78, 5) is 42.3. The lowest BCUT2D eigenvalue weighted by Gasteiger charge is -2.49. The van der Waals surface area contributed by atoms with Crippen molar-refractivity contribution in [3.63, 3.8) is 0 Å². The van der Waals surface area contributed by atoms with Crippen LogP contribution in [0.15, 0.2) is 26.1 Å². The van der Waals surface area contributed by atoms with E-state index >= 15 is 0 Å². The number of hydrogen-bond acceptors (Lipinski definition) is 13. The lowest BCUT2D eigenvalue weighted by Crippen LogP contribution is -2.71. The van der Waals surface area contributed by atoms with E-state index in [0.717, 1.165) is 16.3 Å². The Hall–Kier alpha value is -2.69. The van der Waals surface area contributed by atoms with Crippen molar-refractivity contribution in [3.8, 4) is 0 Å². The molecule has 2 aromatic heterocycles. The topological polar surface area (TPSA) is 184 Å². The molecule has 0 saturated carbocycles. The number of hydrogen-bond donors (Lipinski definition) is 4. The van der Waals surface area contributed by atoms with Gasteiger partial charge in [-0.1, -0.05) is 28.3 Å². The number of anilines is 1. The van der Waals surface area contributed by atoms with Crippen LogP contribution in [-0.2, 0) is 14.4 Å². The van der Waals surface area contributed by atoms with Gasteiger partial charge in [0, 0.05) is 16.9 Å². The lowest BCUT2D eigenvalue weighted by atomic mass is 10.0. The molecule has 12 nitrogen and oxygen atoms in total. The number of amides is 2. The number of nitrogens with one attached hydrogen (secondary N) is 1. The van der Waals surface area contributed by atoms with E-state index in [4.69, 9.17) is 5.73 Å². The maximum atomic E-state index is 12.8. The van der Waals surface area contributed by atoms with Gasteiger partial charge in [-0.3, -0.25) is 14.5 Å². The van der Waals surface area contributed by atoms with E-state index in [1.165, 1.54) is 45.1 Å². The molecular formula is C16H15N7O5S4. The van der Waals surface area contributed by atoms with E-state index in [2.05, 4.69) is 25.7 Å². The monoisotopic (exact) mass is 513 g/mol. The quantitative estimate of drug-likeness (QED) is 0.134. The fourth-order valence-corrected chi connectivity index (χ4v) is 6.95. The number of carbonyl (C=O) groups excluding carboxylic acids is 2. The summed E-state index contributed by atoms with van der Waals surface area (Å²) in [6.07, 6.45) is 0. The highest BCUT2D eigenvalue weighted by atomic mass is 32.2. The Balaban J connectivity index is 1.48. The number of nitrogens with zero attached hydrogens (tertiary/aromatic N) is 5. The SMILES string of the molecule is Cc1nnc(SCC2=C(C(=O)O)N3C(=O)C(NC(=O)C(=NO)c4csc(N)n4)[C@H]3SC2)s1. The highest BCUT2D eigenvalue weighted by Crippen LogP contribution is 2.41. The summed E-state index contributed by atoms with van der Waals surface area (Å²) in [6.45, 7) is 1.83. The molecular weight excluding hydrogens is 498 g/mol. The molecule has 32 heavy (non-hydrogen) atoms. The third kappa shape index (κ3) is 4.17. The third-order valence-electron chi connectivity index (χ3n) is 4.49. The summed E-state index contributed by atoms with van der Waals surface area (Å²) in [7, 11) is 0. The van der Waals surface area contributed by atoms with Crippen LogP contribution in [0.4, 0.5) is 5.13 Å². The summed E-state index contributed by atoms with van der Waals surface area (Å²) in [5, 5.41) is 34.2. The Labute approximate surface area is 197 Å². The number of nitrogens with two attached hydrogens (primary N) is 1. The summed E-state index contributed by atoms with van der Waals surface area (Å²) in [5.74, 6) is -1.87. The average Bonchev–Trinajstić information content (AvgIpc) is 3.38. The predicted molar refractivity (Wildman–Crippen MR) is 120 cm³/mol. The molecule has 1 saturated heterocycles. The number of carbonyl (C=O) groups is 3. The number of carboxylic acid groups (broad SMARTS) is 1. The van der Waals surface area contributed by atoms with Crippen molar-refractivity contribution in [1.29, 1.82) is 0 Å². The van der Waals surface area contributed by atoms with Crippen LogP contribution in [0.5, 0.6) is 0 Å². The molecule has 0 bridgehead atoms. The van der Waals surface area contributed by atoms with Crippen molar-refractivity contribution < 1.29 is 24.7 Å². The number of aryl methyl sites for hydroxylation is 1. The molecule has 2 aromatic rings. The van der Waals surface area contributed by atoms with E-state index in [1.807, 2.05) is 6.92 Å². The Kier molecular flexibility index (Phi) is 6.36. The predicted octanol–water partition coefficient (Wildman–Crippen LogP) is 0.594. The second-order valence-electron chi connectivity index (χ2n) is 6.51. The van der Waals surface area contributed by atoms with Crippen LogP contribution in [0.2, 0.25) is 0 Å². The Morgan fingerprint density at radius 1 is 1.44 bits per heavy atom. The zero-order valence-electron chi connectivity index (χ0n) is 16.2. The zero-order valence-corrected chi connectivity index (χ0v) is 19.5. The molecule has 1 fully saturated rings. The van der Waals surface area contributed by atoms with E-state index in [1.54, 1.807) is 0 Å². The molecule has 5 N–H and O–H groups in total. The number of thiazole rings is 1. The van der Waals surface area contributed by atoms with Gasteiger partial charge in [0.25, 0.3) is 11.8 Å². The first-order valence-electron chi connectivity index (χ1n) is 8.87. The maximum Gasteiger partial charge on any atom is 0.352 e. The molecule has 0 aliphatic carbocycles. The van der Waals surface area contributed by atoms with Gasteiger partial charge in [-0.05, 0) is 12.5 Å². The van der Waals surface area contributed by atoms with Crippen molar-refractivity contribution in [1.82, 2.24) is 25.4 Å². The van der Waals surface area contributed by atoms with Crippen LogP contribution < -0.4 is 11.1 Å². The van der Waals surface area contributed by atoms with Crippen molar-refractivity contribution in [3.05, 3.63) is 27.4 Å². The van der Waals surface area contributed by atoms with Crippen molar-refractivity contribution >= 4 is 74.8 Å². The molecule has 2 atom stereocenters. The molecule has 4 rings (SSSR count). The van der Waals surface area contributed by atoms with Gasteiger partial charge in [-0.2, -0.15) is 0 Å². The molecule has 1 unspecified atom stereocenters. The van der Waals surface area contributed by atoms with Crippen LogP contribution in [0.3, 0.4) is 0 Å². The van der Waals surface area contributed by atoms with Gasteiger partial charge in [0.2, 0.25) is 0 Å². The number of thioether (sulfide) groups is 2.